The second-order valence-electron chi connectivity index (χ2n) is 6.58. The number of aromatic nitrogens is 1. The molecule has 118 valence electrons. The summed E-state index contributed by atoms with van der Waals surface area (Å²) in [7, 11) is 2.01. The first-order valence-electron chi connectivity index (χ1n) is 8.57. The summed E-state index contributed by atoms with van der Waals surface area (Å²) in [5.74, 6) is 1.68. The molecule has 1 fully saturated rings. The van der Waals surface area contributed by atoms with Crippen molar-refractivity contribution in [1.29, 1.82) is 0 Å². The molecule has 0 saturated carbocycles. The summed E-state index contributed by atoms with van der Waals surface area (Å²) in [5.41, 5.74) is 2.57. The number of rotatable bonds is 6. The van der Waals surface area contributed by atoms with E-state index in [1.807, 2.05) is 7.05 Å². The van der Waals surface area contributed by atoms with E-state index in [9.17, 15) is 0 Å². The average molecular weight is 289 g/mol. The number of nitrogens with one attached hydrogen (secondary N) is 1. The molecule has 0 aromatic carbocycles. The van der Waals surface area contributed by atoms with Gasteiger partial charge in [-0.1, -0.05) is 27.2 Å². The lowest BCUT2D eigenvalue weighted by Crippen LogP contribution is -2.40. The molecule has 0 radical (unpaired) electrons. The number of piperidine rings is 1. The van der Waals surface area contributed by atoms with E-state index >= 15 is 0 Å². The maximum atomic E-state index is 4.97. The molecule has 0 amide bonds. The summed E-state index contributed by atoms with van der Waals surface area (Å²) >= 11 is 0. The second kappa shape index (κ2) is 7.79. The minimum Gasteiger partial charge on any atom is -0.354 e. The van der Waals surface area contributed by atoms with Crippen molar-refractivity contribution in [2.75, 3.05) is 18.5 Å². The zero-order valence-electron chi connectivity index (χ0n) is 14.2. The highest BCUT2D eigenvalue weighted by atomic mass is 15.2. The van der Waals surface area contributed by atoms with Crippen molar-refractivity contribution in [3.8, 4) is 0 Å². The topological polar surface area (TPSA) is 28.2 Å². The molecule has 2 rings (SSSR count). The molecule has 1 atom stereocenters. The van der Waals surface area contributed by atoms with Crippen LogP contribution in [0.3, 0.4) is 0 Å². The van der Waals surface area contributed by atoms with E-state index in [1.165, 1.54) is 49.2 Å². The van der Waals surface area contributed by atoms with E-state index in [0.717, 1.165) is 13.1 Å². The monoisotopic (exact) mass is 289 g/mol. The van der Waals surface area contributed by atoms with Crippen molar-refractivity contribution in [2.45, 2.75) is 71.4 Å². The van der Waals surface area contributed by atoms with Crippen LogP contribution in [0.5, 0.6) is 0 Å². The van der Waals surface area contributed by atoms with Crippen LogP contribution in [0.25, 0.3) is 0 Å². The van der Waals surface area contributed by atoms with Crippen LogP contribution in [-0.2, 0) is 6.54 Å². The third-order valence-electron chi connectivity index (χ3n) is 4.41. The predicted octanol–water partition coefficient (Wildman–Crippen LogP) is 4.08. The SMILES string of the molecule is CCCC1CCCCN1c1cc(CNC)cc(C(C)C)n1. The molecule has 0 bridgehead atoms. The number of hydrogen-bond acceptors (Lipinski definition) is 3. The normalized spacial score (nSPS) is 19.3. The summed E-state index contributed by atoms with van der Waals surface area (Å²) in [4.78, 5) is 7.54. The Morgan fingerprint density at radius 2 is 2.14 bits per heavy atom. The fourth-order valence-electron chi connectivity index (χ4n) is 3.28. The predicted molar refractivity (Wildman–Crippen MR) is 91.0 cm³/mol. The molecule has 0 aliphatic carbocycles. The first-order chi connectivity index (χ1) is 10.2. The van der Waals surface area contributed by atoms with Gasteiger partial charge in [0.25, 0.3) is 0 Å². The standard InChI is InChI=1S/C18H31N3/c1-5-8-16-9-6-7-10-21(16)18-12-15(13-19-4)11-17(20-18)14(2)3/h11-12,14,16,19H,5-10,13H2,1-4H3. The van der Waals surface area contributed by atoms with Gasteiger partial charge in [-0.05, 0) is 56.3 Å². The highest BCUT2D eigenvalue weighted by molar-refractivity contribution is 5.45. The van der Waals surface area contributed by atoms with Crippen molar-refractivity contribution in [3.63, 3.8) is 0 Å². The van der Waals surface area contributed by atoms with Crippen LogP contribution < -0.4 is 10.2 Å². The Labute approximate surface area is 130 Å². The van der Waals surface area contributed by atoms with Gasteiger partial charge in [0.05, 0.1) is 0 Å². The fraction of sp³-hybridized carbons (Fsp3) is 0.722. The molecule has 1 aliphatic rings. The highest BCUT2D eigenvalue weighted by Gasteiger charge is 2.23. The van der Waals surface area contributed by atoms with Crippen molar-refractivity contribution in [3.05, 3.63) is 23.4 Å². The molecular weight excluding hydrogens is 258 g/mol. The van der Waals surface area contributed by atoms with E-state index in [0.29, 0.717) is 12.0 Å². The molecule has 21 heavy (non-hydrogen) atoms. The Hall–Kier alpha value is -1.09. The van der Waals surface area contributed by atoms with Gasteiger partial charge in [-0.25, -0.2) is 4.98 Å². The van der Waals surface area contributed by atoms with Crippen molar-refractivity contribution in [2.24, 2.45) is 0 Å². The lowest BCUT2D eigenvalue weighted by molar-refractivity contribution is 0.431. The van der Waals surface area contributed by atoms with Gasteiger partial charge in [0, 0.05) is 24.8 Å². The lowest BCUT2D eigenvalue weighted by atomic mass is 9.97. The number of hydrogen-bond donors (Lipinski definition) is 1. The van der Waals surface area contributed by atoms with Crippen LogP contribution in [0.2, 0.25) is 0 Å². The first-order valence-corrected chi connectivity index (χ1v) is 8.57. The molecule has 1 aromatic rings. The molecule has 2 heterocycles. The summed E-state index contributed by atoms with van der Waals surface area (Å²) < 4.78 is 0. The Bertz CT molecular complexity index is 440. The zero-order valence-corrected chi connectivity index (χ0v) is 14.2. The summed E-state index contributed by atoms with van der Waals surface area (Å²) in [6.45, 7) is 8.83. The average Bonchev–Trinajstić information content (AvgIpc) is 2.48. The fourth-order valence-corrected chi connectivity index (χ4v) is 3.28. The van der Waals surface area contributed by atoms with Crippen molar-refractivity contribution < 1.29 is 0 Å². The van der Waals surface area contributed by atoms with Crippen LogP contribution in [0, 0.1) is 0 Å². The molecule has 3 nitrogen and oxygen atoms in total. The molecule has 0 spiro atoms. The van der Waals surface area contributed by atoms with Gasteiger partial charge >= 0.3 is 0 Å². The number of pyridine rings is 1. The second-order valence-corrected chi connectivity index (χ2v) is 6.58. The van der Waals surface area contributed by atoms with Crippen LogP contribution in [-0.4, -0.2) is 24.6 Å². The lowest BCUT2D eigenvalue weighted by Gasteiger charge is -2.37. The van der Waals surface area contributed by atoms with E-state index in [4.69, 9.17) is 4.98 Å². The third kappa shape index (κ3) is 4.19. The maximum Gasteiger partial charge on any atom is 0.129 e. The van der Waals surface area contributed by atoms with Crippen molar-refractivity contribution >= 4 is 5.82 Å². The number of nitrogens with zero attached hydrogens (tertiary/aromatic N) is 2. The van der Waals surface area contributed by atoms with Gasteiger partial charge in [-0.15, -0.1) is 0 Å². The Kier molecular flexibility index (Phi) is 6.04. The molecule has 1 saturated heterocycles. The van der Waals surface area contributed by atoms with Gasteiger partial charge in [-0.2, -0.15) is 0 Å². The maximum absolute atomic E-state index is 4.97. The molecule has 3 heteroatoms. The zero-order chi connectivity index (χ0) is 15.2. The molecule has 1 unspecified atom stereocenters. The summed E-state index contributed by atoms with van der Waals surface area (Å²) in [6.07, 6.45) is 6.54. The molecule has 1 N–H and O–H groups in total. The van der Waals surface area contributed by atoms with Gasteiger partial charge < -0.3 is 10.2 Å². The van der Waals surface area contributed by atoms with Crippen LogP contribution in [0.15, 0.2) is 12.1 Å². The van der Waals surface area contributed by atoms with Gasteiger partial charge in [0.2, 0.25) is 0 Å². The number of anilines is 1. The van der Waals surface area contributed by atoms with Gasteiger partial charge in [-0.3, -0.25) is 0 Å². The van der Waals surface area contributed by atoms with Crippen molar-refractivity contribution in [1.82, 2.24) is 10.3 Å². The molecule has 1 aromatic heterocycles. The molecular formula is C18H31N3. The van der Waals surface area contributed by atoms with E-state index < -0.39 is 0 Å². The van der Waals surface area contributed by atoms with Crippen LogP contribution in [0.4, 0.5) is 5.82 Å². The Morgan fingerprint density at radius 1 is 1.33 bits per heavy atom. The molecule has 1 aliphatic heterocycles. The minimum atomic E-state index is 0.481. The first kappa shape index (κ1) is 16.3. The Morgan fingerprint density at radius 3 is 2.81 bits per heavy atom. The third-order valence-corrected chi connectivity index (χ3v) is 4.41. The Balaban J connectivity index is 2.30. The smallest absolute Gasteiger partial charge is 0.129 e. The summed E-state index contributed by atoms with van der Waals surface area (Å²) in [5, 5.41) is 3.27. The van der Waals surface area contributed by atoms with E-state index in [1.54, 1.807) is 0 Å². The van der Waals surface area contributed by atoms with E-state index in [2.05, 4.69) is 43.1 Å². The van der Waals surface area contributed by atoms with Crippen LogP contribution in [0.1, 0.15) is 70.1 Å². The van der Waals surface area contributed by atoms with E-state index in [-0.39, 0.29) is 0 Å². The van der Waals surface area contributed by atoms with Gasteiger partial charge in [0.1, 0.15) is 5.82 Å². The van der Waals surface area contributed by atoms with Gasteiger partial charge in [0.15, 0.2) is 0 Å². The van der Waals surface area contributed by atoms with Crippen LogP contribution >= 0.6 is 0 Å². The highest BCUT2D eigenvalue weighted by Crippen LogP contribution is 2.28. The quantitative estimate of drug-likeness (QED) is 0.855. The minimum absolute atomic E-state index is 0.481. The summed E-state index contributed by atoms with van der Waals surface area (Å²) in [6, 6.07) is 5.22. The largest absolute Gasteiger partial charge is 0.354 e.